The standard InChI is InChI=1S/C15H11ClN2O3/c1-20-14-6-5-13(21-14)7-10(9-17)15(19)18-12-4-2-3-11(16)8-12/h2-8H,1H3,(H,18,19)/b10-7+. The molecule has 2 aromatic rings. The van der Waals surface area contributed by atoms with Gasteiger partial charge >= 0.3 is 0 Å². The van der Waals surface area contributed by atoms with E-state index in [1.54, 1.807) is 36.4 Å². The van der Waals surface area contributed by atoms with Crippen LogP contribution >= 0.6 is 11.6 Å². The summed E-state index contributed by atoms with van der Waals surface area (Å²) in [7, 11) is 1.46. The van der Waals surface area contributed by atoms with Gasteiger partial charge in [0.15, 0.2) is 0 Å². The number of amides is 1. The smallest absolute Gasteiger partial charge is 0.284 e. The molecule has 0 unspecified atom stereocenters. The second kappa shape index (κ2) is 6.64. The number of ether oxygens (including phenoxy) is 1. The number of methoxy groups -OCH3 is 1. The molecular weight excluding hydrogens is 292 g/mol. The molecular formula is C15H11ClN2O3. The largest absolute Gasteiger partial charge is 0.468 e. The number of carbonyl (C=O) groups excluding carboxylic acids is 1. The van der Waals surface area contributed by atoms with Crippen molar-refractivity contribution >= 4 is 29.3 Å². The van der Waals surface area contributed by atoms with E-state index >= 15 is 0 Å². The lowest BCUT2D eigenvalue weighted by Crippen LogP contribution is -2.13. The van der Waals surface area contributed by atoms with Crippen molar-refractivity contribution in [3.63, 3.8) is 0 Å². The van der Waals surface area contributed by atoms with E-state index in [2.05, 4.69) is 5.32 Å². The van der Waals surface area contributed by atoms with Crippen LogP contribution in [-0.2, 0) is 4.79 Å². The summed E-state index contributed by atoms with van der Waals surface area (Å²) in [6, 6.07) is 11.7. The zero-order chi connectivity index (χ0) is 15.2. The van der Waals surface area contributed by atoms with Gasteiger partial charge in [0, 0.05) is 22.9 Å². The van der Waals surface area contributed by atoms with Crippen molar-refractivity contribution in [2.24, 2.45) is 0 Å². The van der Waals surface area contributed by atoms with Crippen LogP contribution < -0.4 is 10.1 Å². The Morgan fingerprint density at radius 1 is 1.43 bits per heavy atom. The van der Waals surface area contributed by atoms with Gasteiger partial charge in [-0.25, -0.2) is 0 Å². The molecule has 0 spiro atoms. The molecule has 5 nitrogen and oxygen atoms in total. The third-order valence-electron chi connectivity index (χ3n) is 2.54. The Balaban J connectivity index is 2.17. The number of halogens is 1. The first-order valence-electron chi connectivity index (χ1n) is 5.95. The van der Waals surface area contributed by atoms with Crippen LogP contribution in [0.3, 0.4) is 0 Å². The van der Waals surface area contributed by atoms with Gasteiger partial charge in [-0.2, -0.15) is 5.26 Å². The maximum absolute atomic E-state index is 12.0. The van der Waals surface area contributed by atoms with E-state index < -0.39 is 5.91 Å². The third-order valence-corrected chi connectivity index (χ3v) is 2.77. The van der Waals surface area contributed by atoms with Crippen molar-refractivity contribution in [2.45, 2.75) is 0 Å². The van der Waals surface area contributed by atoms with Crippen LogP contribution in [0.5, 0.6) is 5.95 Å². The van der Waals surface area contributed by atoms with Crippen molar-refractivity contribution in [3.05, 3.63) is 52.8 Å². The monoisotopic (exact) mass is 302 g/mol. The third kappa shape index (κ3) is 3.88. The predicted octanol–water partition coefficient (Wildman–Crippen LogP) is 3.49. The van der Waals surface area contributed by atoms with E-state index in [4.69, 9.17) is 26.0 Å². The Morgan fingerprint density at radius 3 is 2.86 bits per heavy atom. The fraction of sp³-hybridized carbons (Fsp3) is 0.0667. The van der Waals surface area contributed by atoms with Crippen molar-refractivity contribution in [1.29, 1.82) is 5.26 Å². The molecule has 0 fully saturated rings. The number of furan rings is 1. The predicted molar refractivity (Wildman–Crippen MR) is 78.9 cm³/mol. The van der Waals surface area contributed by atoms with E-state index in [0.717, 1.165) is 0 Å². The Bertz CT molecular complexity index is 729. The van der Waals surface area contributed by atoms with E-state index in [1.807, 2.05) is 6.07 Å². The molecule has 0 atom stereocenters. The number of rotatable bonds is 4. The van der Waals surface area contributed by atoms with Gasteiger partial charge in [0.25, 0.3) is 11.9 Å². The first kappa shape index (κ1) is 14.7. The molecule has 0 aliphatic rings. The molecule has 1 aromatic carbocycles. The Kier molecular flexibility index (Phi) is 4.64. The van der Waals surface area contributed by atoms with Gasteiger partial charge in [-0.15, -0.1) is 0 Å². The van der Waals surface area contributed by atoms with Crippen LogP contribution in [-0.4, -0.2) is 13.0 Å². The van der Waals surface area contributed by atoms with Gasteiger partial charge in [-0.3, -0.25) is 4.79 Å². The normalized spacial score (nSPS) is 10.8. The molecule has 106 valence electrons. The number of nitrogens with zero attached hydrogens (tertiary/aromatic N) is 1. The van der Waals surface area contributed by atoms with Gasteiger partial charge in [-0.05, 0) is 24.3 Å². The van der Waals surface area contributed by atoms with Crippen molar-refractivity contribution < 1.29 is 13.9 Å². The molecule has 1 N–H and O–H groups in total. The van der Waals surface area contributed by atoms with Gasteiger partial charge in [0.1, 0.15) is 17.4 Å². The van der Waals surface area contributed by atoms with Crippen LogP contribution in [0.1, 0.15) is 5.76 Å². The Labute approximate surface area is 126 Å². The quantitative estimate of drug-likeness (QED) is 0.693. The minimum Gasteiger partial charge on any atom is -0.468 e. The SMILES string of the molecule is COc1ccc(/C=C(\C#N)C(=O)Nc2cccc(Cl)c2)o1. The van der Waals surface area contributed by atoms with Crippen LogP contribution in [0.15, 0.2) is 46.4 Å². The highest BCUT2D eigenvalue weighted by molar-refractivity contribution is 6.31. The van der Waals surface area contributed by atoms with Crippen LogP contribution in [0.25, 0.3) is 6.08 Å². The van der Waals surface area contributed by atoms with Crippen molar-refractivity contribution in [2.75, 3.05) is 12.4 Å². The summed E-state index contributed by atoms with van der Waals surface area (Å²) in [5.74, 6) is 0.105. The molecule has 0 saturated heterocycles. The number of hydrogen-bond donors (Lipinski definition) is 1. The van der Waals surface area contributed by atoms with E-state index in [-0.39, 0.29) is 5.57 Å². The van der Waals surface area contributed by atoms with Gasteiger partial charge in [0.2, 0.25) is 0 Å². The number of hydrogen-bond acceptors (Lipinski definition) is 4. The lowest BCUT2D eigenvalue weighted by Gasteiger charge is -2.04. The van der Waals surface area contributed by atoms with E-state index in [0.29, 0.717) is 22.4 Å². The number of benzene rings is 1. The summed E-state index contributed by atoms with van der Waals surface area (Å²) >= 11 is 5.83. The van der Waals surface area contributed by atoms with E-state index in [9.17, 15) is 4.79 Å². The highest BCUT2D eigenvalue weighted by Gasteiger charge is 2.11. The molecule has 0 aliphatic carbocycles. The lowest BCUT2D eigenvalue weighted by molar-refractivity contribution is -0.112. The maximum Gasteiger partial charge on any atom is 0.284 e. The first-order chi connectivity index (χ1) is 10.1. The molecule has 2 rings (SSSR count). The van der Waals surface area contributed by atoms with Gasteiger partial charge in [-0.1, -0.05) is 17.7 Å². The van der Waals surface area contributed by atoms with Crippen LogP contribution in [0.2, 0.25) is 5.02 Å². The molecule has 1 heterocycles. The molecule has 1 aromatic heterocycles. The van der Waals surface area contributed by atoms with Crippen molar-refractivity contribution in [1.82, 2.24) is 0 Å². The maximum atomic E-state index is 12.0. The second-order valence-electron chi connectivity index (χ2n) is 4.00. The molecule has 0 aliphatic heterocycles. The summed E-state index contributed by atoms with van der Waals surface area (Å²) in [5.41, 5.74) is 0.414. The number of anilines is 1. The minimum absolute atomic E-state index is 0.0908. The number of carbonyl (C=O) groups is 1. The summed E-state index contributed by atoms with van der Waals surface area (Å²) < 4.78 is 10.1. The summed E-state index contributed by atoms with van der Waals surface area (Å²) in [6.45, 7) is 0. The first-order valence-corrected chi connectivity index (χ1v) is 6.32. The fourth-order valence-corrected chi connectivity index (χ4v) is 1.77. The minimum atomic E-state index is -0.546. The second-order valence-corrected chi connectivity index (χ2v) is 4.43. The average molecular weight is 303 g/mol. The molecule has 0 saturated carbocycles. The molecule has 21 heavy (non-hydrogen) atoms. The van der Waals surface area contributed by atoms with Gasteiger partial charge < -0.3 is 14.5 Å². The zero-order valence-electron chi connectivity index (χ0n) is 11.1. The van der Waals surface area contributed by atoms with Crippen LogP contribution in [0, 0.1) is 11.3 Å². The molecule has 1 amide bonds. The highest BCUT2D eigenvalue weighted by Crippen LogP contribution is 2.19. The topological polar surface area (TPSA) is 75.3 Å². The molecule has 0 bridgehead atoms. The molecule has 0 radical (unpaired) electrons. The Morgan fingerprint density at radius 2 is 2.24 bits per heavy atom. The van der Waals surface area contributed by atoms with E-state index in [1.165, 1.54) is 13.2 Å². The van der Waals surface area contributed by atoms with Crippen LogP contribution in [0.4, 0.5) is 5.69 Å². The zero-order valence-corrected chi connectivity index (χ0v) is 11.8. The van der Waals surface area contributed by atoms with Crippen molar-refractivity contribution in [3.8, 4) is 12.0 Å². The summed E-state index contributed by atoms with van der Waals surface area (Å²) in [4.78, 5) is 12.0. The molecule has 6 heteroatoms. The number of nitriles is 1. The van der Waals surface area contributed by atoms with Gasteiger partial charge in [0.05, 0.1) is 7.11 Å². The fourth-order valence-electron chi connectivity index (χ4n) is 1.58. The highest BCUT2D eigenvalue weighted by atomic mass is 35.5. The average Bonchev–Trinajstić information content (AvgIpc) is 2.92. The summed E-state index contributed by atoms with van der Waals surface area (Å²) in [6.07, 6.45) is 1.34. The Hall–Kier alpha value is -2.71. The summed E-state index contributed by atoms with van der Waals surface area (Å²) in [5, 5.41) is 12.2. The lowest BCUT2D eigenvalue weighted by atomic mass is 10.2. The number of nitrogens with one attached hydrogen (secondary N) is 1.